The number of aliphatic hydroxyl groups excluding tert-OH is 3. The number of aliphatic imine (C=N–C) groups is 1. The Labute approximate surface area is 110 Å². The Kier molecular flexibility index (Phi) is 4.29. The number of fused-ring (bicyclic) bond motifs is 1. The number of hydrogen-bond donors (Lipinski definition) is 4. The first-order valence-electron chi connectivity index (χ1n) is 5.81. The van der Waals surface area contributed by atoms with Gasteiger partial charge in [-0.25, -0.2) is 0 Å². The Hall–Kier alpha value is -0.600. The lowest BCUT2D eigenvalue weighted by atomic mass is 9.94. The lowest BCUT2D eigenvalue weighted by Gasteiger charge is -2.40. The highest BCUT2D eigenvalue weighted by molar-refractivity contribution is 8.14. The van der Waals surface area contributed by atoms with Crippen LogP contribution in [-0.2, 0) is 4.74 Å². The summed E-state index contributed by atoms with van der Waals surface area (Å²) in [4.78, 5) is 4.23. The van der Waals surface area contributed by atoms with Gasteiger partial charge in [0.15, 0.2) is 5.17 Å². The van der Waals surface area contributed by atoms with Crippen molar-refractivity contribution in [1.29, 1.82) is 0 Å². The second-order valence-electron chi connectivity index (χ2n) is 4.33. The molecular weight excluding hydrogens is 256 g/mol. The van der Waals surface area contributed by atoms with Gasteiger partial charge in [-0.3, -0.25) is 4.99 Å². The Morgan fingerprint density at radius 3 is 2.89 bits per heavy atom. The van der Waals surface area contributed by atoms with Gasteiger partial charge in [-0.1, -0.05) is 17.8 Å². The maximum Gasteiger partial charge on any atom is 0.159 e. The normalized spacial score (nSPS) is 40.9. The van der Waals surface area contributed by atoms with Gasteiger partial charge in [-0.05, 0) is 6.42 Å². The molecular formula is C11H18N2O4S. The van der Waals surface area contributed by atoms with E-state index >= 15 is 0 Å². The number of rotatable bonds is 3. The van der Waals surface area contributed by atoms with Crippen LogP contribution in [-0.4, -0.2) is 63.4 Å². The van der Waals surface area contributed by atoms with E-state index in [0.717, 1.165) is 0 Å². The summed E-state index contributed by atoms with van der Waals surface area (Å²) in [6.07, 6.45) is -2.04. The molecule has 6 nitrogen and oxygen atoms in total. The molecule has 0 aliphatic carbocycles. The third-order valence-corrected chi connectivity index (χ3v) is 4.26. The molecule has 18 heavy (non-hydrogen) atoms. The summed E-state index contributed by atoms with van der Waals surface area (Å²) in [5, 5.41) is 33.4. The van der Waals surface area contributed by atoms with Crippen LogP contribution in [0.15, 0.2) is 17.6 Å². The zero-order valence-electron chi connectivity index (χ0n) is 10.1. The van der Waals surface area contributed by atoms with Gasteiger partial charge in [0, 0.05) is 7.05 Å². The van der Waals surface area contributed by atoms with Crippen LogP contribution in [0.1, 0.15) is 6.42 Å². The molecule has 7 heteroatoms. The Bertz CT molecular complexity index is 352. The number of hydrogen-bond acceptors (Lipinski definition) is 7. The summed E-state index contributed by atoms with van der Waals surface area (Å²) < 4.78 is 5.64. The van der Waals surface area contributed by atoms with Crippen molar-refractivity contribution in [3.05, 3.63) is 12.7 Å². The molecule has 1 fully saturated rings. The van der Waals surface area contributed by atoms with Crippen molar-refractivity contribution < 1.29 is 20.1 Å². The first kappa shape index (κ1) is 13.8. The minimum atomic E-state index is -1.15. The minimum Gasteiger partial charge on any atom is -0.390 e. The van der Waals surface area contributed by atoms with Crippen LogP contribution in [0.3, 0.4) is 0 Å². The highest BCUT2D eigenvalue weighted by atomic mass is 32.2. The Morgan fingerprint density at radius 1 is 1.56 bits per heavy atom. The quantitative estimate of drug-likeness (QED) is 0.496. The first-order chi connectivity index (χ1) is 8.58. The fraction of sp³-hybridized carbons (Fsp3) is 0.727. The van der Waals surface area contributed by atoms with Crippen LogP contribution in [0.2, 0.25) is 0 Å². The van der Waals surface area contributed by atoms with Gasteiger partial charge in [0.2, 0.25) is 0 Å². The molecule has 0 aromatic carbocycles. The smallest absolute Gasteiger partial charge is 0.159 e. The summed E-state index contributed by atoms with van der Waals surface area (Å²) in [6.45, 7) is 3.53. The van der Waals surface area contributed by atoms with Gasteiger partial charge < -0.3 is 25.4 Å². The van der Waals surface area contributed by atoms with E-state index in [2.05, 4.69) is 16.9 Å². The number of aliphatic hydroxyl groups is 3. The highest BCUT2D eigenvalue weighted by Crippen LogP contribution is 2.36. The van der Waals surface area contributed by atoms with Crippen molar-refractivity contribution >= 4 is 16.9 Å². The van der Waals surface area contributed by atoms with Gasteiger partial charge in [0.1, 0.15) is 29.8 Å². The van der Waals surface area contributed by atoms with Gasteiger partial charge in [0.25, 0.3) is 0 Å². The maximum absolute atomic E-state index is 10.0. The second kappa shape index (κ2) is 5.58. The van der Waals surface area contributed by atoms with Gasteiger partial charge >= 0.3 is 0 Å². The van der Waals surface area contributed by atoms with E-state index in [9.17, 15) is 15.3 Å². The summed E-state index contributed by atoms with van der Waals surface area (Å²) in [5.74, 6) is 0. The first-order valence-corrected chi connectivity index (χ1v) is 6.69. The topological polar surface area (TPSA) is 94.3 Å². The molecule has 0 unspecified atom stereocenters. The maximum atomic E-state index is 10.0. The Balaban J connectivity index is 2.10. The van der Waals surface area contributed by atoms with Crippen molar-refractivity contribution in [1.82, 2.24) is 5.32 Å². The monoisotopic (exact) mass is 274 g/mol. The molecule has 102 valence electrons. The van der Waals surface area contributed by atoms with Crippen molar-refractivity contribution in [3.63, 3.8) is 0 Å². The van der Waals surface area contributed by atoms with Crippen LogP contribution < -0.4 is 5.32 Å². The Morgan fingerprint density at radius 2 is 2.28 bits per heavy atom. The summed E-state index contributed by atoms with van der Waals surface area (Å²) in [6, 6.07) is -0.500. The van der Waals surface area contributed by atoms with E-state index in [1.165, 1.54) is 11.8 Å². The fourth-order valence-electron chi connectivity index (χ4n) is 2.13. The van der Waals surface area contributed by atoms with E-state index in [-0.39, 0.29) is 5.44 Å². The number of nitrogens with zero attached hydrogens (tertiary/aromatic N) is 1. The van der Waals surface area contributed by atoms with Crippen LogP contribution in [0, 0.1) is 0 Å². The minimum absolute atomic E-state index is 0.302. The average Bonchev–Trinajstić information content (AvgIpc) is 2.77. The molecule has 2 aliphatic rings. The van der Waals surface area contributed by atoms with Crippen molar-refractivity contribution in [3.8, 4) is 0 Å². The lowest BCUT2D eigenvalue weighted by molar-refractivity contribution is -0.184. The van der Waals surface area contributed by atoms with Crippen molar-refractivity contribution in [2.45, 2.75) is 42.3 Å². The van der Waals surface area contributed by atoms with Crippen molar-refractivity contribution in [2.75, 3.05) is 7.05 Å². The standard InChI is InChI=1S/C11H18N2O4S/c1-3-4-5(14)9-8(16)7(15)6-10(17-9)18-11(12-2)13-6/h3,5-10,14-16H,1,4H2,2H3,(H,12,13)/t5-,6-,7-,8+,9-,10-/m1/s1. The lowest BCUT2D eigenvalue weighted by Crippen LogP contribution is -2.58. The molecule has 1 saturated heterocycles. The third kappa shape index (κ3) is 2.41. The molecule has 6 atom stereocenters. The van der Waals surface area contributed by atoms with Gasteiger partial charge in [0.05, 0.1) is 6.10 Å². The zero-order valence-corrected chi connectivity index (χ0v) is 10.9. The van der Waals surface area contributed by atoms with Crippen LogP contribution in [0.4, 0.5) is 0 Å². The van der Waals surface area contributed by atoms with E-state index in [1.54, 1.807) is 13.1 Å². The summed E-state index contributed by atoms with van der Waals surface area (Å²) in [5.41, 5.74) is -0.379. The molecule has 2 rings (SSSR count). The molecule has 2 heterocycles. The average molecular weight is 274 g/mol. The molecule has 0 aromatic heterocycles. The second-order valence-corrected chi connectivity index (χ2v) is 5.42. The molecule has 0 bridgehead atoms. The number of thioether (sulfide) groups is 1. The molecule has 0 saturated carbocycles. The summed E-state index contributed by atoms with van der Waals surface area (Å²) in [7, 11) is 1.73. The number of nitrogens with one attached hydrogen (secondary N) is 1. The zero-order chi connectivity index (χ0) is 13.3. The predicted octanol–water partition coefficient (Wildman–Crippen LogP) is -0.939. The molecule has 2 aliphatic heterocycles. The van der Waals surface area contributed by atoms with Crippen molar-refractivity contribution in [2.24, 2.45) is 4.99 Å². The van der Waals surface area contributed by atoms with Crippen LogP contribution in [0.5, 0.6) is 0 Å². The van der Waals surface area contributed by atoms with Crippen LogP contribution >= 0.6 is 11.8 Å². The van der Waals surface area contributed by atoms with E-state index in [4.69, 9.17) is 4.74 Å². The molecule has 0 spiro atoms. The number of amidine groups is 1. The molecule has 0 aromatic rings. The highest BCUT2D eigenvalue weighted by Gasteiger charge is 2.49. The largest absolute Gasteiger partial charge is 0.390 e. The predicted molar refractivity (Wildman–Crippen MR) is 69.4 cm³/mol. The number of ether oxygens (including phenoxy) is 1. The fourth-order valence-corrected chi connectivity index (χ4v) is 3.20. The SMILES string of the molecule is C=CC[C@@H](O)[C@H]1O[C@@H]2SC(NC)=N[C@@H]2[C@@H](O)[C@@H]1O. The van der Waals surface area contributed by atoms with Gasteiger partial charge in [-0.2, -0.15) is 0 Å². The molecule has 0 amide bonds. The van der Waals surface area contributed by atoms with E-state index in [1.807, 2.05) is 0 Å². The molecule has 0 radical (unpaired) electrons. The summed E-state index contributed by atoms with van der Waals surface area (Å²) >= 11 is 1.35. The molecule has 4 N–H and O–H groups in total. The van der Waals surface area contributed by atoms with Gasteiger partial charge in [-0.15, -0.1) is 6.58 Å². The van der Waals surface area contributed by atoms with Crippen LogP contribution in [0.25, 0.3) is 0 Å². The third-order valence-electron chi connectivity index (χ3n) is 3.10. The van der Waals surface area contributed by atoms with E-state index in [0.29, 0.717) is 11.6 Å². The van der Waals surface area contributed by atoms with E-state index < -0.39 is 30.5 Å².